The van der Waals surface area contributed by atoms with Gasteiger partial charge in [0.1, 0.15) is 10.7 Å². The van der Waals surface area contributed by atoms with Crippen molar-refractivity contribution < 1.29 is 0 Å². The molecule has 0 amide bonds. The minimum absolute atomic E-state index is 0.921. The molecule has 4 nitrogen and oxygen atoms in total. The fourth-order valence-electron chi connectivity index (χ4n) is 2.63. The highest BCUT2D eigenvalue weighted by Gasteiger charge is 2.13. The molecular formula is C17H16N4S2. The molecule has 0 spiro atoms. The van der Waals surface area contributed by atoms with Gasteiger partial charge in [-0.25, -0.2) is 4.98 Å². The van der Waals surface area contributed by atoms with Gasteiger partial charge in [0.15, 0.2) is 5.82 Å². The van der Waals surface area contributed by atoms with Gasteiger partial charge in [-0.3, -0.25) is 5.10 Å². The van der Waals surface area contributed by atoms with E-state index in [1.165, 1.54) is 10.4 Å². The number of hydrogen-bond acceptors (Lipinski definition) is 4. The number of fused-ring (bicyclic) bond motifs is 1. The summed E-state index contributed by atoms with van der Waals surface area (Å²) in [5, 5.41) is 10.6. The van der Waals surface area contributed by atoms with Gasteiger partial charge in [0, 0.05) is 23.7 Å². The number of nitrogens with one attached hydrogen (secondary N) is 1. The van der Waals surface area contributed by atoms with E-state index in [-0.39, 0.29) is 0 Å². The summed E-state index contributed by atoms with van der Waals surface area (Å²) < 4.78 is 2.11. The normalized spacial score (nSPS) is 11.4. The molecule has 0 fully saturated rings. The number of para-hydroxylation sites is 1. The number of aromatic amines is 1. The number of imidazole rings is 1. The van der Waals surface area contributed by atoms with Gasteiger partial charge >= 0.3 is 0 Å². The summed E-state index contributed by atoms with van der Waals surface area (Å²) in [6.45, 7) is 2.09. The van der Waals surface area contributed by atoms with Gasteiger partial charge < -0.3 is 4.57 Å². The summed E-state index contributed by atoms with van der Waals surface area (Å²) in [5.74, 6) is 1.87. The lowest BCUT2D eigenvalue weighted by molar-refractivity contribution is 0.937. The third-order valence-corrected chi connectivity index (χ3v) is 5.87. The maximum Gasteiger partial charge on any atom is 0.159 e. The van der Waals surface area contributed by atoms with Crippen LogP contribution in [0.5, 0.6) is 0 Å². The average Bonchev–Trinajstić information content (AvgIpc) is 3.26. The number of benzene rings is 1. The minimum Gasteiger partial charge on any atom is -0.326 e. The Morgan fingerprint density at radius 3 is 2.96 bits per heavy atom. The second-order valence-corrected chi connectivity index (χ2v) is 7.45. The van der Waals surface area contributed by atoms with Crippen LogP contribution in [-0.2, 0) is 12.8 Å². The first kappa shape index (κ1) is 14.5. The Morgan fingerprint density at radius 1 is 1.26 bits per heavy atom. The molecule has 0 aliphatic rings. The van der Waals surface area contributed by atoms with Crippen LogP contribution in [0.2, 0.25) is 0 Å². The maximum absolute atomic E-state index is 4.79. The Balaban J connectivity index is 1.64. The van der Waals surface area contributed by atoms with Gasteiger partial charge in [0.25, 0.3) is 0 Å². The van der Waals surface area contributed by atoms with Gasteiger partial charge in [-0.2, -0.15) is 5.10 Å². The van der Waals surface area contributed by atoms with Crippen LogP contribution in [-0.4, -0.2) is 19.7 Å². The summed E-state index contributed by atoms with van der Waals surface area (Å²) in [6.07, 6.45) is 0. The van der Waals surface area contributed by atoms with E-state index in [4.69, 9.17) is 4.98 Å². The van der Waals surface area contributed by atoms with Gasteiger partial charge in [0.2, 0.25) is 0 Å². The molecule has 3 aromatic heterocycles. The summed E-state index contributed by atoms with van der Waals surface area (Å²) in [5.41, 5.74) is 4.34. The fraction of sp³-hybridized carbons (Fsp3) is 0.176. The lowest BCUT2D eigenvalue weighted by Crippen LogP contribution is -1.92. The standard InChI is InChI=1S/C17H16N4S2/c1-11-5-3-7-14-16(11)18-17(21(14)2)13-9-15(20-19-13)23-10-12-6-4-8-22-12/h3-9H,10H2,1-2H3,(H,19,20). The highest BCUT2D eigenvalue weighted by atomic mass is 32.2. The predicted octanol–water partition coefficient (Wildman–Crippen LogP) is 4.63. The molecule has 3 heterocycles. The highest BCUT2D eigenvalue weighted by molar-refractivity contribution is 7.98. The topological polar surface area (TPSA) is 46.5 Å². The molecule has 0 aliphatic carbocycles. The van der Waals surface area contributed by atoms with Gasteiger partial charge in [-0.15, -0.1) is 11.3 Å². The maximum atomic E-state index is 4.79. The zero-order valence-electron chi connectivity index (χ0n) is 12.9. The number of aryl methyl sites for hydroxylation is 2. The fourth-order valence-corrected chi connectivity index (χ4v) is 4.26. The molecule has 0 unspecified atom stereocenters. The van der Waals surface area contributed by atoms with Crippen molar-refractivity contribution in [2.75, 3.05) is 0 Å². The van der Waals surface area contributed by atoms with Crippen molar-refractivity contribution in [1.29, 1.82) is 0 Å². The third-order valence-electron chi connectivity index (χ3n) is 3.85. The number of hydrogen-bond donors (Lipinski definition) is 1. The Labute approximate surface area is 142 Å². The van der Waals surface area contributed by atoms with Crippen molar-refractivity contribution in [3.05, 3.63) is 52.2 Å². The van der Waals surface area contributed by atoms with E-state index in [0.29, 0.717) is 0 Å². The second kappa shape index (κ2) is 5.86. The molecule has 4 aromatic rings. The first-order valence-electron chi connectivity index (χ1n) is 7.35. The van der Waals surface area contributed by atoms with Gasteiger partial charge in [-0.05, 0) is 30.0 Å². The molecule has 0 saturated carbocycles. The zero-order chi connectivity index (χ0) is 15.8. The Hall–Kier alpha value is -2.05. The quantitative estimate of drug-likeness (QED) is 0.551. The SMILES string of the molecule is Cc1cccc2c1nc(-c1cc(SCc3cccs3)n[nH]1)n2C. The van der Waals surface area contributed by atoms with Crippen LogP contribution in [0, 0.1) is 6.92 Å². The number of H-pyrrole nitrogens is 1. The predicted molar refractivity (Wildman–Crippen MR) is 96.9 cm³/mol. The monoisotopic (exact) mass is 340 g/mol. The second-order valence-electron chi connectivity index (χ2n) is 5.42. The summed E-state index contributed by atoms with van der Waals surface area (Å²) >= 11 is 3.52. The molecule has 1 aromatic carbocycles. The summed E-state index contributed by atoms with van der Waals surface area (Å²) in [7, 11) is 2.05. The van der Waals surface area contributed by atoms with Crippen molar-refractivity contribution in [3.8, 4) is 11.5 Å². The van der Waals surface area contributed by atoms with Crippen LogP contribution < -0.4 is 0 Å². The van der Waals surface area contributed by atoms with E-state index in [2.05, 4.69) is 63.5 Å². The molecule has 0 bridgehead atoms. The molecule has 6 heteroatoms. The van der Waals surface area contributed by atoms with Crippen LogP contribution in [0.1, 0.15) is 10.4 Å². The van der Waals surface area contributed by atoms with E-state index >= 15 is 0 Å². The van der Waals surface area contributed by atoms with Crippen LogP contribution >= 0.6 is 23.1 Å². The number of aromatic nitrogens is 4. The first-order valence-corrected chi connectivity index (χ1v) is 9.22. The lowest BCUT2D eigenvalue weighted by atomic mass is 10.2. The molecule has 116 valence electrons. The largest absolute Gasteiger partial charge is 0.326 e. The van der Waals surface area contributed by atoms with Crippen molar-refractivity contribution in [3.63, 3.8) is 0 Å². The molecule has 1 N–H and O–H groups in total. The minimum atomic E-state index is 0.921. The number of thiophene rings is 1. The van der Waals surface area contributed by atoms with Crippen LogP contribution in [0.25, 0.3) is 22.6 Å². The molecular weight excluding hydrogens is 324 g/mol. The average molecular weight is 340 g/mol. The number of thioether (sulfide) groups is 1. The zero-order valence-corrected chi connectivity index (χ0v) is 14.5. The Morgan fingerprint density at radius 2 is 2.17 bits per heavy atom. The number of nitrogens with zero attached hydrogens (tertiary/aromatic N) is 3. The van der Waals surface area contributed by atoms with Crippen LogP contribution in [0.15, 0.2) is 46.8 Å². The molecule has 0 aliphatic heterocycles. The van der Waals surface area contributed by atoms with E-state index in [1.807, 2.05) is 7.05 Å². The van der Waals surface area contributed by atoms with Crippen LogP contribution in [0.4, 0.5) is 0 Å². The number of rotatable bonds is 4. The Kier molecular flexibility index (Phi) is 3.71. The lowest BCUT2D eigenvalue weighted by Gasteiger charge is -1.98. The van der Waals surface area contributed by atoms with Crippen molar-refractivity contribution in [1.82, 2.24) is 19.7 Å². The van der Waals surface area contributed by atoms with E-state index in [1.54, 1.807) is 23.1 Å². The third kappa shape index (κ3) is 2.68. The summed E-state index contributed by atoms with van der Waals surface area (Å²) in [4.78, 5) is 6.15. The van der Waals surface area contributed by atoms with Crippen molar-refractivity contribution in [2.24, 2.45) is 7.05 Å². The summed E-state index contributed by atoms with van der Waals surface area (Å²) in [6, 6.07) is 12.6. The molecule has 0 atom stereocenters. The smallest absolute Gasteiger partial charge is 0.159 e. The highest BCUT2D eigenvalue weighted by Crippen LogP contribution is 2.28. The van der Waals surface area contributed by atoms with Gasteiger partial charge in [-0.1, -0.05) is 30.0 Å². The van der Waals surface area contributed by atoms with Gasteiger partial charge in [0.05, 0.1) is 11.0 Å². The first-order chi connectivity index (χ1) is 11.2. The van der Waals surface area contributed by atoms with Crippen molar-refractivity contribution in [2.45, 2.75) is 17.7 Å². The van der Waals surface area contributed by atoms with Crippen molar-refractivity contribution >= 4 is 34.1 Å². The van der Waals surface area contributed by atoms with E-state index < -0.39 is 0 Å². The van der Waals surface area contributed by atoms with E-state index in [9.17, 15) is 0 Å². The van der Waals surface area contributed by atoms with E-state index in [0.717, 1.165) is 33.3 Å². The molecule has 4 rings (SSSR count). The molecule has 0 radical (unpaired) electrons. The van der Waals surface area contributed by atoms with Crippen LogP contribution in [0.3, 0.4) is 0 Å². The molecule has 0 saturated heterocycles. The molecule has 23 heavy (non-hydrogen) atoms. The Bertz CT molecular complexity index is 950.